The van der Waals surface area contributed by atoms with Crippen LogP contribution in [0.25, 0.3) is 4.96 Å². The first-order valence-corrected chi connectivity index (χ1v) is 11.1. The van der Waals surface area contributed by atoms with Gasteiger partial charge in [-0.05, 0) is 36.0 Å². The summed E-state index contributed by atoms with van der Waals surface area (Å²) in [5, 5.41) is 1.84. The lowest BCUT2D eigenvalue weighted by atomic mass is 9.45. The van der Waals surface area contributed by atoms with Gasteiger partial charge >= 0.3 is 5.97 Å². The summed E-state index contributed by atoms with van der Waals surface area (Å²) in [6.45, 7) is 6.91. The maximum absolute atomic E-state index is 12.2. The van der Waals surface area contributed by atoms with Crippen LogP contribution in [0.15, 0.2) is 22.4 Å². The molecule has 0 amide bonds. The number of fused-ring (bicyclic) bond motifs is 3. The van der Waals surface area contributed by atoms with Gasteiger partial charge in [0.05, 0.1) is 11.4 Å². The van der Waals surface area contributed by atoms with Gasteiger partial charge in [-0.1, -0.05) is 20.8 Å². The van der Waals surface area contributed by atoms with Gasteiger partial charge in [-0.2, -0.15) is 0 Å². The number of hydrogen-bond acceptors (Lipinski definition) is 6. The van der Waals surface area contributed by atoms with Crippen LogP contribution in [-0.2, 0) is 15.3 Å². The lowest BCUT2D eigenvalue weighted by molar-refractivity contribution is -0.183. The van der Waals surface area contributed by atoms with Crippen LogP contribution in [-0.4, -0.2) is 27.2 Å². The van der Waals surface area contributed by atoms with E-state index < -0.39 is 0 Å². The standard InChI is InChI=1S/C19H24N2O3S2/c1-11-14-6-12(19(14,2)3)7-15(11)24-17(23)10-25-9-13-8-16(22)21-4-5-26-18(21)20-13/h4-5,8,11-12,14-15H,6-7,9-10H2,1-3H3/t11-,12+,14+,15-/m0/s1. The van der Waals surface area contributed by atoms with E-state index in [0.29, 0.717) is 45.3 Å². The molecule has 0 unspecified atom stereocenters. The Labute approximate surface area is 161 Å². The monoisotopic (exact) mass is 392 g/mol. The average molecular weight is 393 g/mol. The van der Waals surface area contributed by atoms with Gasteiger partial charge in [0.2, 0.25) is 0 Å². The number of ether oxygens (including phenoxy) is 1. The third-order valence-corrected chi connectivity index (χ3v) is 8.09. The molecule has 2 heterocycles. The van der Waals surface area contributed by atoms with Crippen molar-refractivity contribution in [1.29, 1.82) is 0 Å². The number of aromatic nitrogens is 2. The Balaban J connectivity index is 1.28. The zero-order chi connectivity index (χ0) is 18.5. The zero-order valence-corrected chi connectivity index (χ0v) is 16.9. The highest BCUT2D eigenvalue weighted by molar-refractivity contribution is 7.99. The Hall–Kier alpha value is -1.34. The summed E-state index contributed by atoms with van der Waals surface area (Å²) >= 11 is 2.89. The van der Waals surface area contributed by atoms with Gasteiger partial charge in [0.15, 0.2) is 4.96 Å². The second-order valence-electron chi connectivity index (χ2n) is 8.12. The summed E-state index contributed by atoms with van der Waals surface area (Å²) in [5.74, 6) is 2.47. The minimum atomic E-state index is -0.153. The summed E-state index contributed by atoms with van der Waals surface area (Å²) < 4.78 is 7.31. The van der Waals surface area contributed by atoms with E-state index in [1.54, 1.807) is 6.20 Å². The van der Waals surface area contributed by atoms with E-state index in [4.69, 9.17) is 4.74 Å². The first-order chi connectivity index (χ1) is 12.4. The molecule has 5 nitrogen and oxygen atoms in total. The van der Waals surface area contributed by atoms with Gasteiger partial charge in [-0.15, -0.1) is 23.1 Å². The van der Waals surface area contributed by atoms with Crippen LogP contribution in [0.1, 0.15) is 39.3 Å². The van der Waals surface area contributed by atoms with Gasteiger partial charge in [0.25, 0.3) is 5.56 Å². The highest BCUT2D eigenvalue weighted by atomic mass is 32.2. The van der Waals surface area contributed by atoms with Crippen molar-refractivity contribution in [2.75, 3.05) is 5.75 Å². The molecule has 0 saturated heterocycles. The molecule has 3 aliphatic carbocycles. The molecular formula is C19H24N2O3S2. The van der Waals surface area contributed by atoms with Gasteiger partial charge < -0.3 is 4.74 Å². The predicted octanol–water partition coefficient (Wildman–Crippen LogP) is 3.60. The Morgan fingerprint density at radius 3 is 3.00 bits per heavy atom. The molecular weight excluding hydrogens is 368 g/mol. The van der Waals surface area contributed by atoms with Crippen molar-refractivity contribution in [3.63, 3.8) is 0 Å². The highest BCUT2D eigenvalue weighted by Crippen LogP contribution is 2.61. The fraction of sp³-hybridized carbons (Fsp3) is 0.632. The Morgan fingerprint density at radius 1 is 1.46 bits per heavy atom. The first kappa shape index (κ1) is 18.0. The smallest absolute Gasteiger partial charge is 0.316 e. The van der Waals surface area contributed by atoms with Gasteiger partial charge in [-0.25, -0.2) is 4.98 Å². The first-order valence-electron chi connectivity index (χ1n) is 9.09. The summed E-state index contributed by atoms with van der Waals surface area (Å²) in [5.41, 5.74) is 1.04. The topological polar surface area (TPSA) is 60.7 Å². The minimum Gasteiger partial charge on any atom is -0.461 e. The van der Waals surface area contributed by atoms with Crippen LogP contribution >= 0.6 is 23.1 Å². The van der Waals surface area contributed by atoms with Crippen molar-refractivity contribution in [3.05, 3.63) is 33.7 Å². The number of hydrogen-bond donors (Lipinski definition) is 0. The van der Waals surface area contributed by atoms with E-state index in [2.05, 4.69) is 25.8 Å². The molecule has 0 radical (unpaired) electrons. The third-order valence-electron chi connectivity index (χ3n) is 6.39. The zero-order valence-electron chi connectivity index (χ0n) is 15.3. The van der Waals surface area contributed by atoms with E-state index in [9.17, 15) is 9.59 Å². The van der Waals surface area contributed by atoms with E-state index in [1.165, 1.54) is 40.0 Å². The number of carbonyl (C=O) groups is 1. The van der Waals surface area contributed by atoms with Crippen molar-refractivity contribution in [2.24, 2.45) is 23.2 Å². The molecule has 26 heavy (non-hydrogen) atoms. The minimum absolute atomic E-state index is 0.0603. The normalized spacial score (nSPS) is 29.3. The molecule has 2 aromatic rings. The summed E-state index contributed by atoms with van der Waals surface area (Å²) in [7, 11) is 0. The van der Waals surface area contributed by atoms with Crippen molar-refractivity contribution in [1.82, 2.24) is 9.38 Å². The van der Waals surface area contributed by atoms with Crippen molar-refractivity contribution in [2.45, 2.75) is 45.5 Å². The number of carbonyl (C=O) groups excluding carboxylic acids is 1. The van der Waals surface area contributed by atoms with Crippen LogP contribution in [0.5, 0.6) is 0 Å². The molecule has 0 aromatic carbocycles. The molecule has 3 aliphatic rings. The fourth-order valence-corrected chi connectivity index (χ4v) is 6.09. The van der Waals surface area contributed by atoms with E-state index in [0.717, 1.165) is 6.42 Å². The van der Waals surface area contributed by atoms with Gasteiger partial charge in [0.1, 0.15) is 6.10 Å². The lowest BCUT2D eigenvalue weighted by Crippen LogP contribution is -2.57. The second-order valence-corrected chi connectivity index (χ2v) is 9.98. The van der Waals surface area contributed by atoms with Crippen LogP contribution in [0.2, 0.25) is 0 Å². The number of thioether (sulfide) groups is 1. The largest absolute Gasteiger partial charge is 0.461 e. The van der Waals surface area contributed by atoms with Crippen LogP contribution in [0.3, 0.4) is 0 Å². The SMILES string of the molecule is C[C@@H]1[C@@H](OC(=O)CSCc2cc(=O)n3ccsc3n2)C[C@H]2C[C@H]1C2(C)C. The van der Waals surface area contributed by atoms with Crippen molar-refractivity contribution < 1.29 is 9.53 Å². The maximum atomic E-state index is 12.2. The average Bonchev–Trinajstić information content (AvgIpc) is 3.05. The number of thiazole rings is 1. The van der Waals surface area contributed by atoms with Crippen LogP contribution < -0.4 is 5.56 Å². The molecule has 2 aromatic heterocycles. The van der Waals surface area contributed by atoms with Crippen molar-refractivity contribution in [3.8, 4) is 0 Å². The molecule has 5 rings (SSSR count). The van der Waals surface area contributed by atoms with Gasteiger partial charge in [-0.3, -0.25) is 14.0 Å². The lowest BCUT2D eigenvalue weighted by Gasteiger charge is -2.61. The Morgan fingerprint density at radius 2 is 2.27 bits per heavy atom. The van der Waals surface area contributed by atoms with Crippen LogP contribution in [0, 0.1) is 23.2 Å². The molecule has 2 bridgehead atoms. The molecule has 0 aliphatic heterocycles. The summed E-state index contributed by atoms with van der Waals surface area (Å²) in [6, 6.07) is 1.54. The highest BCUT2D eigenvalue weighted by Gasteiger charge is 2.57. The molecule has 3 saturated carbocycles. The second kappa shape index (κ2) is 6.68. The summed E-state index contributed by atoms with van der Waals surface area (Å²) in [4.78, 5) is 29.4. The molecule has 3 fully saturated rings. The van der Waals surface area contributed by atoms with E-state index in [-0.39, 0.29) is 17.6 Å². The molecule has 7 heteroatoms. The number of esters is 1. The van der Waals surface area contributed by atoms with Crippen LogP contribution in [0.4, 0.5) is 0 Å². The quantitative estimate of drug-likeness (QED) is 0.728. The number of nitrogens with zero attached hydrogens (tertiary/aromatic N) is 2. The third kappa shape index (κ3) is 3.09. The fourth-order valence-electron chi connectivity index (χ4n) is 4.66. The number of rotatable bonds is 5. The molecule has 0 N–H and O–H groups in total. The summed E-state index contributed by atoms with van der Waals surface area (Å²) in [6.07, 6.45) is 4.06. The Bertz CT molecular complexity index is 888. The van der Waals surface area contributed by atoms with E-state index in [1.807, 2.05) is 5.38 Å². The molecule has 0 spiro atoms. The Kier molecular flexibility index (Phi) is 4.63. The van der Waals surface area contributed by atoms with Crippen molar-refractivity contribution >= 4 is 34.0 Å². The van der Waals surface area contributed by atoms with E-state index >= 15 is 0 Å². The maximum Gasteiger partial charge on any atom is 0.316 e. The molecule has 4 atom stereocenters. The van der Waals surface area contributed by atoms with Gasteiger partial charge in [0, 0.05) is 23.4 Å². The molecule has 140 valence electrons. The predicted molar refractivity (Wildman–Crippen MR) is 105 cm³/mol.